The molecule has 0 bridgehead atoms. The van der Waals surface area contributed by atoms with Gasteiger partial charge in [-0.05, 0) is 50.3 Å². The number of hydrogen-bond donors (Lipinski definition) is 3. The van der Waals surface area contributed by atoms with Crippen LogP contribution >= 0.6 is 0 Å². The zero-order valence-electron chi connectivity index (χ0n) is 16.4. The quantitative estimate of drug-likeness (QED) is 0.692. The first-order valence-corrected chi connectivity index (χ1v) is 9.89. The zero-order chi connectivity index (χ0) is 20.8. The van der Waals surface area contributed by atoms with Crippen LogP contribution in [0.2, 0.25) is 0 Å². The van der Waals surface area contributed by atoms with Crippen LogP contribution in [0.4, 0.5) is 10.5 Å². The molecule has 0 radical (unpaired) electrons. The summed E-state index contributed by atoms with van der Waals surface area (Å²) < 4.78 is 1.75. The van der Waals surface area contributed by atoms with Gasteiger partial charge in [-0.25, -0.2) is 9.48 Å². The van der Waals surface area contributed by atoms with E-state index in [1.807, 2.05) is 13.0 Å². The normalized spacial score (nSPS) is 18.6. The number of anilines is 1. The molecule has 3 rings (SSSR count). The fraction of sp³-hybridized carbons (Fsp3) is 0.429. The highest BCUT2D eigenvalue weighted by molar-refractivity contribution is 5.90. The molecule has 0 aliphatic heterocycles. The van der Waals surface area contributed by atoms with Gasteiger partial charge < -0.3 is 15.7 Å². The number of carboxylic acids is 1. The third kappa shape index (κ3) is 4.93. The summed E-state index contributed by atoms with van der Waals surface area (Å²) in [5.41, 5.74) is 2.82. The van der Waals surface area contributed by atoms with E-state index in [1.54, 1.807) is 29.1 Å². The van der Waals surface area contributed by atoms with Gasteiger partial charge in [-0.1, -0.05) is 19.4 Å². The van der Waals surface area contributed by atoms with Crippen LogP contribution in [0, 0.1) is 17.2 Å². The minimum absolute atomic E-state index is 0.0254. The topological polar surface area (TPSA) is 120 Å². The summed E-state index contributed by atoms with van der Waals surface area (Å²) >= 11 is 0. The minimum atomic E-state index is -0.759. The predicted octanol–water partition coefficient (Wildman–Crippen LogP) is 3.46. The smallest absolute Gasteiger partial charge is 0.319 e. The number of carbonyl (C=O) groups excluding carboxylic acids is 1. The number of benzene rings is 1. The molecule has 1 saturated carbocycles. The van der Waals surface area contributed by atoms with E-state index in [-0.39, 0.29) is 18.0 Å². The number of nitrogens with zero attached hydrogens (tertiary/aromatic N) is 3. The van der Waals surface area contributed by atoms with E-state index < -0.39 is 5.97 Å². The molecular formula is C21H25N5O3. The van der Waals surface area contributed by atoms with Gasteiger partial charge >= 0.3 is 12.0 Å². The molecule has 0 spiro atoms. The van der Waals surface area contributed by atoms with Gasteiger partial charge in [0.25, 0.3) is 0 Å². The van der Waals surface area contributed by atoms with Gasteiger partial charge in [0.15, 0.2) is 0 Å². The SMILES string of the molecule is CCCc1c(NC(=O)NC2CCC(C(=O)O)CC2)cnn1-c1cccc(C#N)c1. The molecule has 8 heteroatoms. The minimum Gasteiger partial charge on any atom is -0.481 e. The summed E-state index contributed by atoms with van der Waals surface area (Å²) in [6.45, 7) is 2.05. The number of urea groups is 1. The molecule has 0 atom stereocenters. The zero-order valence-corrected chi connectivity index (χ0v) is 16.4. The first-order chi connectivity index (χ1) is 14.0. The molecule has 1 aromatic carbocycles. The Kier molecular flexibility index (Phi) is 6.50. The Bertz CT molecular complexity index is 923. The maximum absolute atomic E-state index is 12.5. The van der Waals surface area contributed by atoms with Gasteiger partial charge in [0.1, 0.15) is 0 Å². The first-order valence-electron chi connectivity index (χ1n) is 9.89. The van der Waals surface area contributed by atoms with E-state index >= 15 is 0 Å². The number of hydrogen-bond acceptors (Lipinski definition) is 4. The van der Waals surface area contributed by atoms with Crippen LogP contribution in [-0.4, -0.2) is 32.9 Å². The van der Waals surface area contributed by atoms with Gasteiger partial charge in [-0.15, -0.1) is 0 Å². The Morgan fingerprint density at radius 1 is 1.31 bits per heavy atom. The van der Waals surface area contributed by atoms with Crippen molar-refractivity contribution in [3.8, 4) is 11.8 Å². The highest BCUT2D eigenvalue weighted by atomic mass is 16.4. The van der Waals surface area contributed by atoms with Gasteiger partial charge in [0.05, 0.1) is 40.8 Å². The number of nitrogens with one attached hydrogen (secondary N) is 2. The van der Waals surface area contributed by atoms with Crippen molar-refractivity contribution < 1.29 is 14.7 Å². The summed E-state index contributed by atoms with van der Waals surface area (Å²) in [6, 6.07) is 8.96. The number of nitriles is 1. The number of aromatic nitrogens is 2. The summed E-state index contributed by atoms with van der Waals surface area (Å²) in [6.07, 6.45) is 5.68. The average molecular weight is 395 g/mol. The second-order valence-electron chi connectivity index (χ2n) is 7.31. The van der Waals surface area contributed by atoms with Crippen LogP contribution < -0.4 is 10.6 Å². The van der Waals surface area contributed by atoms with Crippen molar-refractivity contribution in [2.45, 2.75) is 51.5 Å². The van der Waals surface area contributed by atoms with Gasteiger partial charge in [0.2, 0.25) is 0 Å². The van der Waals surface area contributed by atoms with Crippen molar-refractivity contribution in [3.63, 3.8) is 0 Å². The molecule has 0 saturated heterocycles. The van der Waals surface area contributed by atoms with Gasteiger partial charge in [-0.3, -0.25) is 4.79 Å². The monoisotopic (exact) mass is 395 g/mol. The average Bonchev–Trinajstić information content (AvgIpc) is 3.11. The lowest BCUT2D eigenvalue weighted by Gasteiger charge is -2.26. The number of aliphatic carboxylic acids is 1. The van der Waals surface area contributed by atoms with Crippen molar-refractivity contribution >= 4 is 17.7 Å². The lowest BCUT2D eigenvalue weighted by atomic mass is 9.86. The second kappa shape index (κ2) is 9.24. The predicted molar refractivity (Wildman–Crippen MR) is 108 cm³/mol. The Morgan fingerprint density at radius 3 is 2.72 bits per heavy atom. The first kappa shape index (κ1) is 20.4. The second-order valence-corrected chi connectivity index (χ2v) is 7.31. The number of rotatable bonds is 6. The Hall–Kier alpha value is -3.34. The van der Waals surface area contributed by atoms with Crippen molar-refractivity contribution in [2.24, 2.45) is 5.92 Å². The van der Waals surface area contributed by atoms with Gasteiger partial charge in [-0.2, -0.15) is 10.4 Å². The van der Waals surface area contributed by atoms with E-state index in [4.69, 9.17) is 10.4 Å². The number of carboxylic acid groups (broad SMARTS) is 1. The largest absolute Gasteiger partial charge is 0.481 e. The molecule has 3 N–H and O–H groups in total. The summed E-state index contributed by atoms with van der Waals surface area (Å²) in [5, 5.41) is 28.4. The van der Waals surface area contributed by atoms with Crippen molar-refractivity contribution in [1.29, 1.82) is 5.26 Å². The number of amides is 2. The van der Waals surface area contributed by atoms with Crippen LogP contribution in [0.3, 0.4) is 0 Å². The fourth-order valence-electron chi connectivity index (χ4n) is 3.71. The molecule has 2 amide bonds. The van der Waals surface area contributed by atoms with Crippen molar-refractivity contribution in [2.75, 3.05) is 5.32 Å². The maximum Gasteiger partial charge on any atom is 0.319 e. The van der Waals surface area contributed by atoms with E-state index in [1.165, 1.54) is 0 Å². The third-order valence-electron chi connectivity index (χ3n) is 5.24. The highest BCUT2D eigenvalue weighted by Crippen LogP contribution is 2.25. The van der Waals surface area contributed by atoms with Crippen LogP contribution in [0.25, 0.3) is 5.69 Å². The number of carbonyl (C=O) groups is 2. The molecule has 152 valence electrons. The highest BCUT2D eigenvalue weighted by Gasteiger charge is 2.27. The molecular weight excluding hydrogens is 370 g/mol. The molecule has 1 aliphatic carbocycles. The van der Waals surface area contributed by atoms with Crippen LogP contribution in [-0.2, 0) is 11.2 Å². The molecule has 1 fully saturated rings. The van der Waals surface area contributed by atoms with E-state index in [0.29, 0.717) is 36.9 Å². The molecule has 1 aliphatic rings. The van der Waals surface area contributed by atoms with Gasteiger partial charge in [0, 0.05) is 6.04 Å². The maximum atomic E-state index is 12.5. The van der Waals surface area contributed by atoms with Crippen molar-refractivity contribution in [3.05, 3.63) is 41.7 Å². The summed E-state index contributed by atoms with van der Waals surface area (Å²) in [7, 11) is 0. The van der Waals surface area contributed by atoms with Crippen LogP contribution in [0.1, 0.15) is 50.3 Å². The van der Waals surface area contributed by atoms with E-state index in [0.717, 1.165) is 24.2 Å². The molecule has 8 nitrogen and oxygen atoms in total. The summed E-state index contributed by atoms with van der Waals surface area (Å²) in [5.74, 6) is -1.07. The van der Waals surface area contributed by atoms with Crippen LogP contribution in [0.15, 0.2) is 30.5 Å². The molecule has 1 aromatic heterocycles. The molecule has 2 aromatic rings. The Labute approximate surface area is 169 Å². The van der Waals surface area contributed by atoms with Crippen molar-refractivity contribution in [1.82, 2.24) is 15.1 Å². The standard InChI is InChI=1S/C21H25N5O3/c1-2-4-19-18(13-23-26(19)17-6-3-5-14(11-17)12-22)25-21(29)24-16-9-7-15(8-10-16)20(27)28/h3,5-6,11,13,15-16H,2,4,7-10H2,1H3,(H,27,28)(H2,24,25,29). The van der Waals surface area contributed by atoms with Crippen LogP contribution in [0.5, 0.6) is 0 Å². The lowest BCUT2D eigenvalue weighted by Crippen LogP contribution is -2.41. The Balaban J connectivity index is 1.69. The Morgan fingerprint density at radius 2 is 2.07 bits per heavy atom. The van der Waals surface area contributed by atoms with E-state index in [2.05, 4.69) is 21.8 Å². The third-order valence-corrected chi connectivity index (χ3v) is 5.24. The molecule has 29 heavy (non-hydrogen) atoms. The fourth-order valence-corrected chi connectivity index (χ4v) is 3.71. The molecule has 1 heterocycles. The van der Waals surface area contributed by atoms with E-state index in [9.17, 15) is 9.59 Å². The molecule has 0 unspecified atom stereocenters. The lowest BCUT2D eigenvalue weighted by molar-refractivity contribution is -0.142. The summed E-state index contributed by atoms with van der Waals surface area (Å²) in [4.78, 5) is 23.5.